The van der Waals surface area contributed by atoms with Crippen LogP contribution in [0.3, 0.4) is 0 Å². The van der Waals surface area contributed by atoms with Crippen LogP contribution in [0.15, 0.2) is 18.2 Å². The van der Waals surface area contributed by atoms with E-state index in [1.165, 1.54) is 19.2 Å². The van der Waals surface area contributed by atoms with E-state index >= 15 is 0 Å². The second-order valence-corrected chi connectivity index (χ2v) is 2.60. The summed E-state index contributed by atoms with van der Waals surface area (Å²) < 4.78 is 17.8. The highest BCUT2D eigenvalue weighted by Crippen LogP contribution is 2.19. The van der Waals surface area contributed by atoms with Gasteiger partial charge >= 0.3 is 0 Å². The molecule has 0 radical (unpaired) electrons. The number of ether oxygens (including phenoxy) is 1. The Morgan fingerprint density at radius 2 is 2.23 bits per heavy atom. The average Bonchev–Trinajstić information content (AvgIpc) is 2.14. The van der Waals surface area contributed by atoms with Gasteiger partial charge in [0.15, 0.2) is 0 Å². The Kier molecular flexibility index (Phi) is 3.52. The lowest BCUT2D eigenvalue weighted by atomic mass is 10.3. The predicted octanol–water partition coefficient (Wildman–Crippen LogP) is 1.20. The molecular formula is C9H13FN2O. The number of nitrogens with one attached hydrogen (secondary N) is 1. The van der Waals surface area contributed by atoms with Gasteiger partial charge in [-0.05, 0) is 6.07 Å². The molecule has 0 spiro atoms. The van der Waals surface area contributed by atoms with Crippen LogP contribution in [0.4, 0.5) is 10.1 Å². The van der Waals surface area contributed by atoms with E-state index < -0.39 is 0 Å². The number of anilines is 1. The van der Waals surface area contributed by atoms with E-state index in [-0.39, 0.29) is 5.82 Å². The number of nitrogens with two attached hydrogens (primary N) is 1. The molecule has 0 heterocycles. The Morgan fingerprint density at radius 1 is 1.46 bits per heavy atom. The summed E-state index contributed by atoms with van der Waals surface area (Å²) in [5.74, 6) is 0.179. The molecule has 13 heavy (non-hydrogen) atoms. The molecule has 0 unspecified atom stereocenters. The second-order valence-electron chi connectivity index (χ2n) is 2.60. The smallest absolute Gasteiger partial charge is 0.128 e. The zero-order chi connectivity index (χ0) is 9.68. The van der Waals surface area contributed by atoms with Crippen molar-refractivity contribution in [1.82, 2.24) is 0 Å². The molecule has 0 atom stereocenters. The first kappa shape index (κ1) is 9.80. The summed E-state index contributed by atoms with van der Waals surface area (Å²) in [5.41, 5.74) is 5.98. The van der Waals surface area contributed by atoms with Gasteiger partial charge in [0, 0.05) is 30.9 Å². The van der Waals surface area contributed by atoms with E-state index in [0.717, 1.165) is 0 Å². The minimum Gasteiger partial charge on any atom is -0.497 e. The van der Waals surface area contributed by atoms with Crippen molar-refractivity contribution in [2.45, 2.75) is 0 Å². The standard InChI is InChI=1S/C9H13FN2O/c1-13-9-5-7(10)4-8(6-9)12-3-2-11/h4-6,12H,2-3,11H2,1H3. The third-order valence-corrected chi connectivity index (χ3v) is 1.58. The summed E-state index contributed by atoms with van der Waals surface area (Å²) in [5, 5.41) is 2.96. The van der Waals surface area contributed by atoms with E-state index in [4.69, 9.17) is 10.5 Å². The van der Waals surface area contributed by atoms with E-state index in [1.54, 1.807) is 6.07 Å². The average molecular weight is 184 g/mol. The molecule has 4 heteroatoms. The molecule has 0 bridgehead atoms. The summed E-state index contributed by atoms with van der Waals surface area (Å²) in [6.45, 7) is 1.13. The summed E-state index contributed by atoms with van der Waals surface area (Å²) in [7, 11) is 1.50. The SMILES string of the molecule is COc1cc(F)cc(NCCN)c1. The molecule has 0 aliphatic carbocycles. The van der Waals surface area contributed by atoms with Crippen molar-refractivity contribution in [3.8, 4) is 5.75 Å². The summed E-state index contributed by atoms with van der Waals surface area (Å²) in [6.07, 6.45) is 0. The van der Waals surface area contributed by atoms with Crippen LogP contribution in [0.25, 0.3) is 0 Å². The number of hydrogen-bond donors (Lipinski definition) is 2. The van der Waals surface area contributed by atoms with Crippen molar-refractivity contribution in [2.75, 3.05) is 25.5 Å². The zero-order valence-electron chi connectivity index (χ0n) is 7.51. The number of halogens is 1. The molecule has 3 nitrogen and oxygen atoms in total. The van der Waals surface area contributed by atoms with Crippen LogP contribution in [0.2, 0.25) is 0 Å². The minimum absolute atomic E-state index is 0.320. The Morgan fingerprint density at radius 3 is 2.85 bits per heavy atom. The summed E-state index contributed by atoms with van der Waals surface area (Å²) in [6, 6.07) is 4.45. The van der Waals surface area contributed by atoms with E-state index in [1.807, 2.05) is 0 Å². The van der Waals surface area contributed by atoms with Gasteiger partial charge < -0.3 is 15.8 Å². The van der Waals surface area contributed by atoms with Gasteiger partial charge in [-0.25, -0.2) is 4.39 Å². The van der Waals surface area contributed by atoms with Crippen LogP contribution < -0.4 is 15.8 Å². The van der Waals surface area contributed by atoms with Crippen LogP contribution in [0, 0.1) is 5.82 Å². The van der Waals surface area contributed by atoms with Gasteiger partial charge in [0.05, 0.1) is 7.11 Å². The first-order chi connectivity index (χ1) is 6.26. The molecule has 1 rings (SSSR count). The fourth-order valence-electron chi connectivity index (χ4n) is 0.999. The lowest BCUT2D eigenvalue weighted by Gasteiger charge is -2.06. The highest BCUT2D eigenvalue weighted by molar-refractivity contribution is 5.48. The first-order valence-electron chi connectivity index (χ1n) is 4.05. The topological polar surface area (TPSA) is 47.3 Å². The Labute approximate surface area is 76.7 Å². The highest BCUT2D eigenvalue weighted by Gasteiger charge is 1.99. The lowest BCUT2D eigenvalue weighted by Crippen LogP contribution is -2.13. The van der Waals surface area contributed by atoms with Crippen molar-refractivity contribution >= 4 is 5.69 Å². The quantitative estimate of drug-likeness (QED) is 0.739. The lowest BCUT2D eigenvalue weighted by molar-refractivity contribution is 0.411. The maximum atomic E-state index is 12.9. The minimum atomic E-state index is -0.320. The van der Waals surface area contributed by atoms with Crippen molar-refractivity contribution in [3.05, 3.63) is 24.0 Å². The fraction of sp³-hybridized carbons (Fsp3) is 0.333. The van der Waals surface area contributed by atoms with Crippen molar-refractivity contribution in [1.29, 1.82) is 0 Å². The Balaban J connectivity index is 2.76. The molecular weight excluding hydrogens is 171 g/mol. The fourth-order valence-corrected chi connectivity index (χ4v) is 0.999. The van der Waals surface area contributed by atoms with E-state index in [2.05, 4.69) is 5.32 Å². The molecule has 0 saturated heterocycles. The molecule has 3 N–H and O–H groups in total. The van der Waals surface area contributed by atoms with Gasteiger partial charge in [-0.2, -0.15) is 0 Å². The van der Waals surface area contributed by atoms with Crippen LogP contribution >= 0.6 is 0 Å². The molecule has 0 saturated carbocycles. The van der Waals surface area contributed by atoms with Crippen LogP contribution in [-0.2, 0) is 0 Å². The number of rotatable bonds is 4. The van der Waals surface area contributed by atoms with E-state index in [9.17, 15) is 4.39 Å². The number of benzene rings is 1. The maximum Gasteiger partial charge on any atom is 0.128 e. The normalized spacial score (nSPS) is 9.77. The van der Waals surface area contributed by atoms with Gasteiger partial charge in [0.25, 0.3) is 0 Å². The third-order valence-electron chi connectivity index (χ3n) is 1.58. The van der Waals surface area contributed by atoms with Crippen LogP contribution in [0.1, 0.15) is 0 Å². The molecule has 1 aromatic carbocycles. The molecule has 0 aliphatic rings. The molecule has 72 valence electrons. The number of hydrogen-bond acceptors (Lipinski definition) is 3. The van der Waals surface area contributed by atoms with Crippen molar-refractivity contribution in [3.63, 3.8) is 0 Å². The summed E-state index contributed by atoms with van der Waals surface area (Å²) >= 11 is 0. The van der Waals surface area contributed by atoms with Gasteiger partial charge in [-0.1, -0.05) is 0 Å². The molecule has 0 aromatic heterocycles. The van der Waals surface area contributed by atoms with Crippen LogP contribution in [0.5, 0.6) is 5.75 Å². The van der Waals surface area contributed by atoms with Crippen LogP contribution in [-0.4, -0.2) is 20.2 Å². The highest BCUT2D eigenvalue weighted by atomic mass is 19.1. The van der Waals surface area contributed by atoms with Crippen molar-refractivity contribution in [2.24, 2.45) is 5.73 Å². The molecule has 0 amide bonds. The molecule has 1 aromatic rings. The monoisotopic (exact) mass is 184 g/mol. The third kappa shape index (κ3) is 2.91. The Hall–Kier alpha value is -1.29. The molecule has 0 fully saturated rings. The first-order valence-corrected chi connectivity index (χ1v) is 4.05. The van der Waals surface area contributed by atoms with Crippen molar-refractivity contribution < 1.29 is 9.13 Å². The Bertz CT molecular complexity index is 278. The van der Waals surface area contributed by atoms with Gasteiger partial charge in [0.2, 0.25) is 0 Å². The van der Waals surface area contributed by atoms with Gasteiger partial charge in [-0.3, -0.25) is 0 Å². The largest absolute Gasteiger partial charge is 0.497 e. The zero-order valence-corrected chi connectivity index (χ0v) is 7.51. The van der Waals surface area contributed by atoms with Gasteiger partial charge in [0.1, 0.15) is 11.6 Å². The second kappa shape index (κ2) is 4.67. The summed E-state index contributed by atoms with van der Waals surface area (Å²) in [4.78, 5) is 0. The molecule has 0 aliphatic heterocycles. The van der Waals surface area contributed by atoms with Gasteiger partial charge in [-0.15, -0.1) is 0 Å². The predicted molar refractivity (Wildman–Crippen MR) is 50.5 cm³/mol. The maximum absolute atomic E-state index is 12.9. The van der Waals surface area contributed by atoms with E-state index in [0.29, 0.717) is 24.5 Å². The number of methoxy groups -OCH3 is 1.